The molecule has 0 fully saturated rings. The fraction of sp³-hybridized carbons (Fsp3) is 1.00. The van der Waals surface area contributed by atoms with E-state index in [9.17, 15) is 0 Å². The summed E-state index contributed by atoms with van der Waals surface area (Å²) in [5, 5.41) is 0. The molecule has 14 heavy (non-hydrogen) atoms. The average Bonchev–Trinajstić information content (AvgIpc) is 1.99. The van der Waals surface area contributed by atoms with Crippen molar-refractivity contribution in [3.8, 4) is 0 Å². The Labute approximate surface area is 92.5 Å². The predicted octanol–water partition coefficient (Wildman–Crippen LogP) is 5.67. The summed E-state index contributed by atoms with van der Waals surface area (Å²) >= 11 is 0. The van der Waals surface area contributed by atoms with E-state index in [1.165, 1.54) is 25.7 Å². The van der Waals surface area contributed by atoms with Gasteiger partial charge in [0.05, 0.1) is 0 Å². The minimum atomic E-state index is 0.542. The van der Waals surface area contributed by atoms with Crippen molar-refractivity contribution < 1.29 is 0 Å². The van der Waals surface area contributed by atoms with Gasteiger partial charge in [-0.3, -0.25) is 0 Å². The van der Waals surface area contributed by atoms with E-state index in [4.69, 9.17) is 0 Å². The highest BCUT2D eigenvalue weighted by molar-refractivity contribution is 4.59. The van der Waals surface area contributed by atoms with Crippen molar-refractivity contribution in [2.24, 2.45) is 10.8 Å². The molecule has 0 unspecified atom stereocenters. The molecule has 0 aliphatic carbocycles. The zero-order chi connectivity index (χ0) is 11.8. The number of hydrogen-bond donors (Lipinski definition) is 0. The molecular weight excluding hydrogens is 168 g/mol. The summed E-state index contributed by atoms with van der Waals surface area (Å²) in [5.41, 5.74) is 1.09. The molecule has 0 spiro atoms. The number of unbranched alkanes of at least 4 members (excludes halogenated alkanes) is 1. The summed E-state index contributed by atoms with van der Waals surface area (Å²) in [4.78, 5) is 0. The summed E-state index contributed by atoms with van der Waals surface area (Å²) in [6.07, 6.45) is 5.34. The molecule has 0 aromatic heterocycles. The van der Waals surface area contributed by atoms with Crippen molar-refractivity contribution in [3.63, 3.8) is 0 Å². The van der Waals surface area contributed by atoms with Gasteiger partial charge >= 0.3 is 0 Å². The number of hydrogen-bond acceptors (Lipinski definition) is 0. The van der Waals surface area contributed by atoms with Crippen LogP contribution in [0.2, 0.25) is 0 Å². The molecule has 0 heterocycles. The molecule has 0 nitrogen and oxygen atoms in total. The van der Waals surface area contributed by atoms with Gasteiger partial charge in [-0.15, -0.1) is 0 Å². The Morgan fingerprint density at radius 3 is 1.14 bits per heavy atom. The molecule has 0 saturated carbocycles. The second-order valence-corrected chi connectivity index (χ2v) is 6.58. The van der Waals surface area contributed by atoms with Crippen molar-refractivity contribution in [1.29, 1.82) is 0 Å². The van der Waals surface area contributed by atoms with E-state index in [1.807, 2.05) is 0 Å². The lowest BCUT2D eigenvalue weighted by Gasteiger charge is -2.16. The van der Waals surface area contributed by atoms with Crippen LogP contribution in [0.1, 0.15) is 81.1 Å². The van der Waals surface area contributed by atoms with Crippen LogP contribution in [0.3, 0.4) is 0 Å². The highest BCUT2D eigenvalue weighted by Crippen LogP contribution is 2.20. The minimum Gasteiger partial charge on any atom is -0.0654 e. The van der Waals surface area contributed by atoms with E-state index in [2.05, 4.69) is 55.4 Å². The van der Waals surface area contributed by atoms with Crippen LogP contribution in [-0.2, 0) is 0 Å². The summed E-state index contributed by atoms with van der Waals surface area (Å²) in [7, 11) is 0. The Kier molecular flexibility index (Phi) is 8.58. The molecule has 0 atom stereocenters. The van der Waals surface area contributed by atoms with Gasteiger partial charge in [-0.2, -0.15) is 0 Å². The van der Waals surface area contributed by atoms with Crippen LogP contribution in [0, 0.1) is 10.8 Å². The molecule has 0 bridgehead atoms. The molecule has 0 N–H and O–H groups in total. The van der Waals surface area contributed by atoms with E-state index < -0.39 is 0 Å². The molecule has 0 aromatic carbocycles. The molecule has 0 saturated heterocycles. The first-order chi connectivity index (χ1) is 6.12. The van der Waals surface area contributed by atoms with E-state index in [1.54, 1.807) is 0 Å². The lowest BCUT2D eigenvalue weighted by Crippen LogP contribution is -2.03. The average molecular weight is 200 g/mol. The lowest BCUT2D eigenvalue weighted by molar-refractivity contribution is 0.363. The third kappa shape index (κ3) is 22.7. The monoisotopic (exact) mass is 200 g/mol. The predicted molar refractivity (Wildman–Crippen MR) is 68.7 cm³/mol. The normalized spacial score (nSPS) is 12.0. The van der Waals surface area contributed by atoms with Crippen molar-refractivity contribution in [2.75, 3.05) is 0 Å². The SMILES string of the molecule is CCC(C)(C)C.CCCCC(C)(C)C. The van der Waals surface area contributed by atoms with Crippen molar-refractivity contribution in [2.45, 2.75) is 81.1 Å². The Balaban J connectivity index is 0. The van der Waals surface area contributed by atoms with Crippen molar-refractivity contribution in [3.05, 3.63) is 0 Å². The first-order valence-corrected chi connectivity index (χ1v) is 6.12. The molecule has 0 heteroatoms. The molecule has 0 amide bonds. The van der Waals surface area contributed by atoms with Crippen LogP contribution >= 0.6 is 0 Å². The van der Waals surface area contributed by atoms with E-state index >= 15 is 0 Å². The molecule has 0 aromatic rings. The molecule has 0 radical (unpaired) electrons. The quantitative estimate of drug-likeness (QED) is 0.539. The van der Waals surface area contributed by atoms with Gasteiger partial charge in [0.15, 0.2) is 0 Å². The van der Waals surface area contributed by atoms with Crippen LogP contribution in [0.25, 0.3) is 0 Å². The third-order valence-corrected chi connectivity index (χ3v) is 2.34. The second kappa shape index (κ2) is 7.31. The van der Waals surface area contributed by atoms with Gasteiger partial charge < -0.3 is 0 Å². The molecule has 0 aliphatic rings. The second-order valence-electron chi connectivity index (χ2n) is 6.58. The Morgan fingerprint density at radius 2 is 1.07 bits per heavy atom. The van der Waals surface area contributed by atoms with Crippen molar-refractivity contribution >= 4 is 0 Å². The largest absolute Gasteiger partial charge is 0.0654 e. The first-order valence-electron chi connectivity index (χ1n) is 6.12. The fourth-order valence-corrected chi connectivity index (χ4v) is 0.707. The highest BCUT2D eigenvalue weighted by atomic mass is 14.1. The van der Waals surface area contributed by atoms with E-state index in [0.717, 1.165) is 0 Å². The van der Waals surface area contributed by atoms with Gasteiger partial charge in [-0.25, -0.2) is 0 Å². The van der Waals surface area contributed by atoms with E-state index in [-0.39, 0.29) is 0 Å². The smallest absolute Gasteiger partial charge is 0.0383 e. The molecule has 88 valence electrons. The Morgan fingerprint density at radius 1 is 0.714 bits per heavy atom. The van der Waals surface area contributed by atoms with Gasteiger partial charge in [0.2, 0.25) is 0 Å². The van der Waals surface area contributed by atoms with Gasteiger partial charge in [-0.05, 0) is 17.3 Å². The summed E-state index contributed by atoms with van der Waals surface area (Å²) in [5.74, 6) is 0. The van der Waals surface area contributed by atoms with Crippen LogP contribution in [0.5, 0.6) is 0 Å². The zero-order valence-corrected chi connectivity index (χ0v) is 11.8. The van der Waals surface area contributed by atoms with E-state index in [0.29, 0.717) is 10.8 Å². The minimum absolute atomic E-state index is 0.542. The highest BCUT2D eigenvalue weighted by Gasteiger charge is 2.07. The van der Waals surface area contributed by atoms with Gasteiger partial charge in [0.1, 0.15) is 0 Å². The molecule has 0 aliphatic heterocycles. The number of rotatable bonds is 2. The Hall–Kier alpha value is 0. The van der Waals surface area contributed by atoms with Gasteiger partial charge in [0.25, 0.3) is 0 Å². The van der Waals surface area contributed by atoms with Gasteiger partial charge in [0, 0.05) is 0 Å². The summed E-state index contributed by atoms with van der Waals surface area (Å²) in [6, 6.07) is 0. The van der Waals surface area contributed by atoms with Crippen molar-refractivity contribution in [1.82, 2.24) is 0 Å². The Bertz CT molecular complexity index is 109. The van der Waals surface area contributed by atoms with Crippen LogP contribution < -0.4 is 0 Å². The summed E-state index contributed by atoms with van der Waals surface area (Å²) < 4.78 is 0. The summed E-state index contributed by atoms with van der Waals surface area (Å²) in [6.45, 7) is 18.1. The standard InChI is InChI=1S/C8H18.C6H14/c1-5-6-7-8(2,3)4;1-5-6(2,3)4/h5-7H2,1-4H3;5H2,1-4H3. The third-order valence-electron chi connectivity index (χ3n) is 2.34. The molecular formula is C14H32. The lowest BCUT2D eigenvalue weighted by atomic mass is 9.90. The topological polar surface area (TPSA) is 0 Å². The first kappa shape index (κ1) is 16.4. The van der Waals surface area contributed by atoms with Gasteiger partial charge in [-0.1, -0.05) is 74.7 Å². The van der Waals surface area contributed by atoms with Crippen LogP contribution in [0.15, 0.2) is 0 Å². The zero-order valence-electron chi connectivity index (χ0n) is 11.8. The maximum atomic E-state index is 2.29. The maximum Gasteiger partial charge on any atom is -0.0383 e. The fourth-order valence-electron chi connectivity index (χ4n) is 0.707. The van der Waals surface area contributed by atoms with Crippen LogP contribution in [-0.4, -0.2) is 0 Å². The van der Waals surface area contributed by atoms with Crippen LogP contribution in [0.4, 0.5) is 0 Å². The maximum absolute atomic E-state index is 2.29. The molecule has 0 rings (SSSR count).